The van der Waals surface area contributed by atoms with Crippen molar-refractivity contribution in [2.24, 2.45) is 0 Å². The molecule has 0 spiro atoms. The second kappa shape index (κ2) is 10.6. The highest BCUT2D eigenvalue weighted by Crippen LogP contribution is 2.33. The SMILES string of the molecule is COc1ccc(C(=O)Cn2c(C)nc3cccc(CC=C(c4cc5ccccc5o4)c4cc5ccccc5o4)c32)cc1. The lowest BCUT2D eigenvalue weighted by Gasteiger charge is -2.10. The number of rotatable bonds is 8. The van der Waals surface area contributed by atoms with Crippen molar-refractivity contribution >= 4 is 44.3 Å². The largest absolute Gasteiger partial charge is 0.497 e. The lowest BCUT2D eigenvalue weighted by atomic mass is 10.0. The number of allylic oxidation sites excluding steroid dienone is 1. The van der Waals surface area contributed by atoms with Gasteiger partial charge in [0.2, 0.25) is 0 Å². The van der Waals surface area contributed by atoms with Crippen molar-refractivity contribution in [2.45, 2.75) is 19.9 Å². The zero-order chi connectivity index (χ0) is 28.6. The molecule has 7 aromatic rings. The predicted molar refractivity (Wildman–Crippen MR) is 165 cm³/mol. The summed E-state index contributed by atoms with van der Waals surface area (Å²) < 4.78 is 19.9. The number of aromatic nitrogens is 2. The number of hydrogen-bond donors (Lipinski definition) is 0. The minimum Gasteiger partial charge on any atom is -0.497 e. The average molecular weight is 553 g/mol. The third kappa shape index (κ3) is 4.67. The summed E-state index contributed by atoms with van der Waals surface area (Å²) in [5, 5.41) is 2.06. The molecule has 0 aliphatic heterocycles. The van der Waals surface area contributed by atoms with Gasteiger partial charge >= 0.3 is 0 Å². The molecular formula is C36H28N2O4. The predicted octanol–water partition coefficient (Wildman–Crippen LogP) is 8.40. The molecule has 0 saturated carbocycles. The van der Waals surface area contributed by atoms with Crippen molar-refractivity contribution in [3.8, 4) is 5.75 Å². The summed E-state index contributed by atoms with van der Waals surface area (Å²) in [6.07, 6.45) is 2.73. The van der Waals surface area contributed by atoms with Gasteiger partial charge in [-0.15, -0.1) is 0 Å². The van der Waals surface area contributed by atoms with Gasteiger partial charge < -0.3 is 18.1 Å². The molecule has 0 aliphatic carbocycles. The lowest BCUT2D eigenvalue weighted by molar-refractivity contribution is 0.0972. The number of aryl methyl sites for hydroxylation is 1. The molecule has 0 aliphatic rings. The van der Waals surface area contributed by atoms with E-state index in [1.165, 1.54) is 0 Å². The first-order chi connectivity index (χ1) is 20.6. The Hall–Kier alpha value is -5.36. The third-order valence-electron chi connectivity index (χ3n) is 7.66. The van der Waals surface area contributed by atoms with E-state index in [9.17, 15) is 4.79 Å². The van der Waals surface area contributed by atoms with Crippen molar-refractivity contribution in [2.75, 3.05) is 7.11 Å². The van der Waals surface area contributed by atoms with E-state index in [4.69, 9.17) is 18.6 Å². The molecule has 42 heavy (non-hydrogen) atoms. The Balaban J connectivity index is 1.29. The Morgan fingerprint density at radius 1 is 0.833 bits per heavy atom. The van der Waals surface area contributed by atoms with Gasteiger partial charge in [0, 0.05) is 16.3 Å². The molecule has 3 heterocycles. The maximum absolute atomic E-state index is 13.3. The Kier molecular flexibility index (Phi) is 6.44. The fourth-order valence-corrected chi connectivity index (χ4v) is 5.51. The molecule has 6 nitrogen and oxygen atoms in total. The fraction of sp³-hybridized carbons (Fsp3) is 0.111. The number of Topliss-reactive ketones (excluding diaryl/α,β-unsaturated/α-hetero) is 1. The van der Waals surface area contributed by atoms with Crippen LogP contribution in [-0.2, 0) is 13.0 Å². The fourth-order valence-electron chi connectivity index (χ4n) is 5.51. The highest BCUT2D eigenvalue weighted by Gasteiger charge is 2.18. The zero-order valence-electron chi connectivity index (χ0n) is 23.3. The van der Waals surface area contributed by atoms with Crippen LogP contribution < -0.4 is 4.74 Å². The maximum atomic E-state index is 13.3. The molecule has 0 bridgehead atoms. The van der Waals surface area contributed by atoms with Crippen LogP contribution in [0.5, 0.6) is 5.75 Å². The first-order valence-corrected chi connectivity index (χ1v) is 13.9. The Bertz CT molecular complexity index is 1970. The van der Waals surface area contributed by atoms with Gasteiger partial charge in [-0.3, -0.25) is 4.79 Å². The lowest BCUT2D eigenvalue weighted by Crippen LogP contribution is -2.12. The van der Waals surface area contributed by atoms with E-state index < -0.39 is 0 Å². The number of furan rings is 2. The monoisotopic (exact) mass is 552 g/mol. The summed E-state index contributed by atoms with van der Waals surface area (Å²) >= 11 is 0. The van der Waals surface area contributed by atoms with Gasteiger partial charge in [-0.25, -0.2) is 4.98 Å². The zero-order valence-corrected chi connectivity index (χ0v) is 23.3. The van der Waals surface area contributed by atoms with Crippen LogP contribution in [0.4, 0.5) is 0 Å². The van der Waals surface area contributed by atoms with Crippen LogP contribution in [0.1, 0.15) is 33.3 Å². The highest BCUT2D eigenvalue weighted by atomic mass is 16.5. The third-order valence-corrected chi connectivity index (χ3v) is 7.66. The van der Waals surface area contributed by atoms with Crippen molar-refractivity contribution < 1.29 is 18.4 Å². The van der Waals surface area contributed by atoms with Crippen LogP contribution in [0.15, 0.2) is 118 Å². The second-order valence-corrected chi connectivity index (χ2v) is 10.3. The van der Waals surface area contributed by atoms with E-state index in [0.29, 0.717) is 12.0 Å². The molecule has 4 aromatic carbocycles. The molecule has 0 fully saturated rings. The number of carbonyl (C=O) groups is 1. The molecule has 0 atom stereocenters. The summed E-state index contributed by atoms with van der Waals surface area (Å²) in [6.45, 7) is 2.13. The van der Waals surface area contributed by atoms with Gasteiger partial charge in [0.05, 0.1) is 30.3 Å². The molecule has 0 N–H and O–H groups in total. The normalized spacial score (nSPS) is 11.4. The maximum Gasteiger partial charge on any atom is 0.182 e. The van der Waals surface area contributed by atoms with Crippen LogP contribution in [0, 0.1) is 6.92 Å². The molecule has 7 rings (SSSR count). The minimum atomic E-state index is 0.00985. The van der Waals surface area contributed by atoms with Crippen LogP contribution in [0.2, 0.25) is 0 Å². The molecule has 6 heteroatoms. The number of fused-ring (bicyclic) bond motifs is 3. The molecule has 3 aromatic heterocycles. The van der Waals surface area contributed by atoms with Crippen molar-refractivity contribution in [1.29, 1.82) is 0 Å². The van der Waals surface area contributed by atoms with Crippen LogP contribution in [-0.4, -0.2) is 22.4 Å². The number of ether oxygens (including phenoxy) is 1. The van der Waals surface area contributed by atoms with Gasteiger partial charge in [0.1, 0.15) is 34.3 Å². The van der Waals surface area contributed by atoms with Gasteiger partial charge in [-0.1, -0.05) is 54.6 Å². The first kappa shape index (κ1) is 25.6. The number of hydrogen-bond acceptors (Lipinski definition) is 5. The van der Waals surface area contributed by atoms with E-state index in [1.807, 2.05) is 72.2 Å². The summed E-state index contributed by atoms with van der Waals surface area (Å²) in [5.74, 6) is 2.99. The standard InChI is InChI=1S/C36H28N2O4/c1-23-37-30-11-7-10-25(36(30)38(23)22-31(39)24-14-17-28(40-2)18-15-24)16-19-29(34-20-26-8-3-5-12-32(26)41-34)35-21-27-9-4-6-13-33(27)42-35/h3-15,17-21H,16,22H2,1-2H3. The average Bonchev–Trinajstić information content (AvgIpc) is 3.72. The van der Waals surface area contributed by atoms with Crippen LogP contribution in [0.25, 0.3) is 38.5 Å². The summed E-state index contributed by atoms with van der Waals surface area (Å²) in [7, 11) is 1.61. The number of nitrogens with zero attached hydrogens (tertiary/aromatic N) is 2. The number of carbonyl (C=O) groups excluding carboxylic acids is 1. The van der Waals surface area contributed by atoms with Gasteiger partial charge in [-0.05, 0) is 73.5 Å². The quantitative estimate of drug-likeness (QED) is 0.177. The van der Waals surface area contributed by atoms with E-state index in [-0.39, 0.29) is 12.3 Å². The van der Waals surface area contributed by atoms with E-state index in [0.717, 1.165) is 67.2 Å². The van der Waals surface area contributed by atoms with Gasteiger partial charge in [0.15, 0.2) is 5.78 Å². The number of imidazole rings is 1. The topological polar surface area (TPSA) is 70.4 Å². The molecule has 0 saturated heterocycles. The molecule has 0 unspecified atom stereocenters. The second-order valence-electron chi connectivity index (χ2n) is 10.3. The Morgan fingerprint density at radius 3 is 2.10 bits per heavy atom. The number of benzene rings is 4. The molecule has 0 amide bonds. The van der Waals surface area contributed by atoms with Gasteiger partial charge in [0.25, 0.3) is 0 Å². The van der Waals surface area contributed by atoms with E-state index >= 15 is 0 Å². The molecular weight excluding hydrogens is 524 g/mol. The van der Waals surface area contributed by atoms with Crippen molar-refractivity contribution in [1.82, 2.24) is 9.55 Å². The van der Waals surface area contributed by atoms with E-state index in [1.54, 1.807) is 31.4 Å². The van der Waals surface area contributed by atoms with Crippen LogP contribution in [0.3, 0.4) is 0 Å². The van der Waals surface area contributed by atoms with Crippen molar-refractivity contribution in [3.63, 3.8) is 0 Å². The summed E-state index contributed by atoms with van der Waals surface area (Å²) in [4.78, 5) is 18.1. The number of ketones is 1. The first-order valence-electron chi connectivity index (χ1n) is 13.9. The Labute approximate surface area is 242 Å². The summed E-state index contributed by atoms with van der Waals surface area (Å²) in [6, 6.07) is 33.4. The van der Waals surface area contributed by atoms with Gasteiger partial charge in [-0.2, -0.15) is 0 Å². The number of para-hydroxylation sites is 3. The van der Waals surface area contributed by atoms with E-state index in [2.05, 4.69) is 24.3 Å². The highest BCUT2D eigenvalue weighted by molar-refractivity contribution is 5.97. The Morgan fingerprint density at radius 2 is 1.48 bits per heavy atom. The van der Waals surface area contributed by atoms with Crippen LogP contribution >= 0.6 is 0 Å². The summed E-state index contributed by atoms with van der Waals surface area (Å²) in [5.41, 5.74) is 6.00. The van der Waals surface area contributed by atoms with Crippen molar-refractivity contribution in [3.05, 3.63) is 138 Å². The molecule has 206 valence electrons. The smallest absolute Gasteiger partial charge is 0.182 e. The number of methoxy groups -OCH3 is 1. The molecule has 0 radical (unpaired) electrons. The minimum absolute atomic E-state index is 0.00985.